The Bertz CT molecular complexity index is 58.6. The fourth-order valence-electron chi connectivity index (χ4n) is 0.0645. The average Bonchev–Trinajstić information content (AvgIpc) is 1.65. The van der Waals surface area contributed by atoms with Crippen molar-refractivity contribution in [1.82, 2.24) is 5.48 Å². The predicted molar refractivity (Wildman–Crippen MR) is 24.4 cm³/mol. The van der Waals surface area contributed by atoms with Crippen molar-refractivity contribution >= 4 is 0 Å². The number of rotatable bonds is 1. The molecule has 0 saturated heterocycles. The van der Waals surface area contributed by atoms with E-state index in [0.717, 1.165) is 5.70 Å². The lowest BCUT2D eigenvalue weighted by molar-refractivity contribution is 0.200. The molecule has 6 heavy (non-hydrogen) atoms. The molecule has 0 fully saturated rings. The summed E-state index contributed by atoms with van der Waals surface area (Å²) in [7, 11) is 0. The van der Waals surface area contributed by atoms with Crippen molar-refractivity contribution in [1.29, 1.82) is 0 Å². The summed E-state index contributed by atoms with van der Waals surface area (Å²) < 4.78 is 0. The molecule has 0 aliphatic heterocycles. The molecule has 0 aromatic rings. The minimum absolute atomic E-state index is 0.773. The highest BCUT2D eigenvalue weighted by molar-refractivity contribution is 4.88. The first kappa shape index (κ1) is 5.50. The van der Waals surface area contributed by atoms with Crippen LogP contribution < -0.4 is 5.48 Å². The predicted octanol–water partition coefficient (Wildman–Crippen LogP) is 0.889. The molecular weight excluding hydrogens is 78.0 g/mol. The van der Waals surface area contributed by atoms with E-state index in [0.29, 0.717) is 0 Å². The van der Waals surface area contributed by atoms with Gasteiger partial charge in [0.05, 0.1) is 0 Å². The van der Waals surface area contributed by atoms with Gasteiger partial charge in [-0.25, -0.2) is 0 Å². The molecule has 0 spiro atoms. The van der Waals surface area contributed by atoms with Crippen molar-refractivity contribution < 1.29 is 5.21 Å². The van der Waals surface area contributed by atoms with Crippen LogP contribution in [0.15, 0.2) is 11.8 Å². The van der Waals surface area contributed by atoms with Crippen LogP contribution in [-0.2, 0) is 0 Å². The van der Waals surface area contributed by atoms with Crippen LogP contribution in [0.25, 0.3) is 0 Å². The molecule has 2 heteroatoms. The van der Waals surface area contributed by atoms with Gasteiger partial charge in [0.25, 0.3) is 0 Å². The summed E-state index contributed by atoms with van der Waals surface area (Å²) >= 11 is 0. The molecule has 0 aliphatic rings. The van der Waals surface area contributed by atoms with E-state index in [4.69, 9.17) is 5.21 Å². The molecule has 2 nitrogen and oxygen atoms in total. The molecular formula is C4H9NO. The number of hydrogen-bond acceptors (Lipinski definition) is 2. The van der Waals surface area contributed by atoms with E-state index < -0.39 is 0 Å². The number of hydroxylamine groups is 1. The molecule has 0 aromatic carbocycles. The molecule has 0 aliphatic carbocycles. The Balaban J connectivity index is 3.22. The van der Waals surface area contributed by atoms with Gasteiger partial charge >= 0.3 is 0 Å². The van der Waals surface area contributed by atoms with E-state index in [1.54, 1.807) is 13.0 Å². The second-order valence-corrected chi connectivity index (χ2v) is 1.08. The highest BCUT2D eigenvalue weighted by atomic mass is 16.5. The second kappa shape index (κ2) is 2.72. The van der Waals surface area contributed by atoms with E-state index in [9.17, 15) is 0 Å². The van der Waals surface area contributed by atoms with E-state index in [1.807, 2.05) is 12.4 Å². The van der Waals surface area contributed by atoms with Gasteiger partial charge in [-0.15, -0.1) is 0 Å². The van der Waals surface area contributed by atoms with Gasteiger partial charge in [0.15, 0.2) is 0 Å². The van der Waals surface area contributed by atoms with E-state index in [2.05, 4.69) is 0 Å². The van der Waals surface area contributed by atoms with Gasteiger partial charge in [0.1, 0.15) is 0 Å². The van der Waals surface area contributed by atoms with Crippen LogP contribution in [0, 0.1) is 0 Å². The highest BCUT2D eigenvalue weighted by Gasteiger charge is 1.71. The van der Waals surface area contributed by atoms with Gasteiger partial charge in [0, 0.05) is 5.70 Å². The van der Waals surface area contributed by atoms with Crippen LogP contribution >= 0.6 is 0 Å². The molecule has 0 heterocycles. The van der Waals surface area contributed by atoms with Gasteiger partial charge in [-0.3, -0.25) is 10.7 Å². The lowest BCUT2D eigenvalue weighted by atomic mass is 10.5. The Morgan fingerprint density at radius 3 is 2.33 bits per heavy atom. The Labute approximate surface area is 37.4 Å². The summed E-state index contributed by atoms with van der Waals surface area (Å²) in [6.45, 7) is 3.62. The van der Waals surface area contributed by atoms with E-state index in [1.165, 1.54) is 0 Å². The molecule has 0 atom stereocenters. The molecule has 0 rings (SSSR count). The van der Waals surface area contributed by atoms with Gasteiger partial charge in [-0.2, -0.15) is 0 Å². The first-order valence-electron chi connectivity index (χ1n) is 1.84. The molecule has 2 N–H and O–H groups in total. The van der Waals surface area contributed by atoms with Crippen molar-refractivity contribution in [3.63, 3.8) is 0 Å². The van der Waals surface area contributed by atoms with Crippen molar-refractivity contribution in [3.05, 3.63) is 11.8 Å². The van der Waals surface area contributed by atoms with Gasteiger partial charge in [-0.1, -0.05) is 6.08 Å². The summed E-state index contributed by atoms with van der Waals surface area (Å²) in [6.07, 6.45) is 1.78. The van der Waals surface area contributed by atoms with E-state index >= 15 is 0 Å². The zero-order valence-electron chi connectivity index (χ0n) is 4.02. The molecule has 0 unspecified atom stereocenters. The van der Waals surface area contributed by atoms with Crippen LogP contribution in [-0.4, -0.2) is 5.21 Å². The Hall–Kier alpha value is -0.500. The maximum atomic E-state index is 8.02. The topological polar surface area (TPSA) is 32.3 Å². The van der Waals surface area contributed by atoms with E-state index in [-0.39, 0.29) is 0 Å². The fraction of sp³-hybridized carbons (Fsp3) is 0.500. The van der Waals surface area contributed by atoms with Gasteiger partial charge < -0.3 is 0 Å². The molecule has 0 radical (unpaired) electrons. The number of hydrogen-bond donors (Lipinski definition) is 2. The maximum absolute atomic E-state index is 8.02. The first-order chi connectivity index (χ1) is 2.81. The zero-order chi connectivity index (χ0) is 4.99. The third-order valence-corrected chi connectivity index (χ3v) is 0.609. The standard InChI is InChI=1S/C4H9NO/c1-3-4(2)5-6/h3,5-6H,1-2H3/b4-3-. The van der Waals surface area contributed by atoms with Gasteiger partial charge in [-0.05, 0) is 13.8 Å². The van der Waals surface area contributed by atoms with Crippen LogP contribution in [0.5, 0.6) is 0 Å². The van der Waals surface area contributed by atoms with Crippen molar-refractivity contribution in [2.75, 3.05) is 0 Å². The summed E-state index contributed by atoms with van der Waals surface area (Å²) in [6, 6.07) is 0. The lowest BCUT2D eigenvalue weighted by Gasteiger charge is -1.89. The minimum Gasteiger partial charge on any atom is -0.291 e. The third-order valence-electron chi connectivity index (χ3n) is 0.609. The SMILES string of the molecule is C/C=C(/C)NO. The first-order valence-corrected chi connectivity index (χ1v) is 1.84. The number of nitrogens with one attached hydrogen (secondary N) is 1. The quantitative estimate of drug-likeness (QED) is 0.465. The fourth-order valence-corrected chi connectivity index (χ4v) is 0.0645. The van der Waals surface area contributed by atoms with Gasteiger partial charge in [0.2, 0.25) is 0 Å². The normalized spacial score (nSPS) is 11.5. The summed E-state index contributed by atoms with van der Waals surface area (Å²) in [5, 5.41) is 8.02. The van der Waals surface area contributed by atoms with Crippen molar-refractivity contribution in [3.8, 4) is 0 Å². The maximum Gasteiger partial charge on any atom is 0.0302 e. The summed E-state index contributed by atoms with van der Waals surface area (Å²) in [4.78, 5) is 0. The zero-order valence-corrected chi connectivity index (χ0v) is 4.02. The largest absolute Gasteiger partial charge is 0.291 e. The molecule has 0 saturated carbocycles. The van der Waals surface area contributed by atoms with Crippen LogP contribution in [0.2, 0.25) is 0 Å². The van der Waals surface area contributed by atoms with Crippen molar-refractivity contribution in [2.24, 2.45) is 0 Å². The third kappa shape index (κ3) is 1.79. The van der Waals surface area contributed by atoms with Crippen LogP contribution in [0.1, 0.15) is 13.8 Å². The molecule has 36 valence electrons. The Morgan fingerprint density at radius 1 is 1.83 bits per heavy atom. The highest BCUT2D eigenvalue weighted by Crippen LogP contribution is 1.77. The summed E-state index contributed by atoms with van der Waals surface area (Å²) in [5.74, 6) is 0. The monoisotopic (exact) mass is 87.1 g/mol. The smallest absolute Gasteiger partial charge is 0.0302 e. The van der Waals surface area contributed by atoms with Crippen molar-refractivity contribution in [2.45, 2.75) is 13.8 Å². The average molecular weight is 87.1 g/mol. The molecule has 0 amide bonds. The Kier molecular flexibility index (Phi) is 2.50. The number of allylic oxidation sites excluding steroid dienone is 2. The Morgan fingerprint density at radius 2 is 2.33 bits per heavy atom. The van der Waals surface area contributed by atoms with Crippen LogP contribution in [0.4, 0.5) is 0 Å². The van der Waals surface area contributed by atoms with Crippen LogP contribution in [0.3, 0.4) is 0 Å². The minimum atomic E-state index is 0.773. The second-order valence-electron chi connectivity index (χ2n) is 1.08. The molecule has 0 aromatic heterocycles. The molecule has 0 bridgehead atoms. The summed E-state index contributed by atoms with van der Waals surface area (Å²) in [5.41, 5.74) is 2.75. The lowest BCUT2D eigenvalue weighted by Crippen LogP contribution is -2.01.